The zero-order valence-corrected chi connectivity index (χ0v) is 12.0. The van der Waals surface area contributed by atoms with E-state index in [2.05, 4.69) is 11.9 Å². The fourth-order valence-corrected chi connectivity index (χ4v) is 2.66. The van der Waals surface area contributed by atoms with E-state index in [0.717, 1.165) is 18.4 Å². The average molecular weight is 297 g/mol. The number of carbonyl (C=O) groups excluding carboxylic acids is 1. The molecule has 3 nitrogen and oxygen atoms in total. The number of rotatable bonds is 4. The minimum Gasteiger partial charge on any atom is -0.486 e. The molecule has 0 aromatic heterocycles. The Labute approximate surface area is 128 Å². The van der Waals surface area contributed by atoms with Gasteiger partial charge in [0.2, 0.25) is 5.91 Å². The van der Waals surface area contributed by atoms with Crippen LogP contribution in [0.3, 0.4) is 0 Å². The van der Waals surface area contributed by atoms with Crippen molar-refractivity contribution in [2.45, 2.75) is 18.9 Å². The predicted molar refractivity (Wildman–Crippen MR) is 83.4 cm³/mol. The van der Waals surface area contributed by atoms with E-state index in [0.29, 0.717) is 11.4 Å². The van der Waals surface area contributed by atoms with Gasteiger partial charge in [0, 0.05) is 11.8 Å². The van der Waals surface area contributed by atoms with Gasteiger partial charge in [-0.2, -0.15) is 0 Å². The molecule has 0 fully saturated rings. The summed E-state index contributed by atoms with van der Waals surface area (Å²) < 4.78 is 19.1. The molecule has 1 atom stereocenters. The number of ether oxygens (including phenoxy) is 1. The van der Waals surface area contributed by atoms with E-state index in [1.807, 2.05) is 18.2 Å². The van der Waals surface area contributed by atoms with Crippen molar-refractivity contribution in [2.24, 2.45) is 0 Å². The Balaban J connectivity index is 1.82. The van der Waals surface area contributed by atoms with E-state index in [1.54, 1.807) is 12.1 Å². The lowest BCUT2D eigenvalue weighted by Crippen LogP contribution is -2.09. The van der Waals surface area contributed by atoms with Crippen LogP contribution in [0.2, 0.25) is 0 Å². The quantitative estimate of drug-likeness (QED) is 0.866. The maximum Gasteiger partial charge on any atom is 0.247 e. The second-order valence-electron chi connectivity index (χ2n) is 5.21. The highest BCUT2D eigenvalue weighted by Gasteiger charge is 2.24. The molecule has 4 heteroatoms. The first kappa shape index (κ1) is 14.3. The largest absolute Gasteiger partial charge is 0.486 e. The molecule has 2 aromatic carbocycles. The molecule has 0 saturated carbocycles. The second-order valence-corrected chi connectivity index (χ2v) is 5.21. The van der Waals surface area contributed by atoms with Crippen molar-refractivity contribution in [2.75, 3.05) is 5.32 Å². The number of halogens is 1. The number of nitrogens with one attached hydrogen (secondary N) is 1. The summed E-state index contributed by atoms with van der Waals surface area (Å²) in [5.41, 5.74) is 2.93. The molecule has 2 aromatic rings. The maximum absolute atomic E-state index is 13.2. The summed E-state index contributed by atoms with van der Waals surface area (Å²) in [6.07, 6.45) is 2.85. The van der Waals surface area contributed by atoms with Crippen molar-refractivity contribution in [3.8, 4) is 5.75 Å². The van der Waals surface area contributed by atoms with E-state index < -0.39 is 0 Å². The molecule has 0 saturated heterocycles. The third-order valence-corrected chi connectivity index (χ3v) is 3.70. The molecule has 0 aliphatic heterocycles. The first-order chi connectivity index (χ1) is 10.7. The lowest BCUT2D eigenvalue weighted by Gasteiger charge is -2.16. The number of aryl methyl sites for hydroxylation is 1. The Hall–Kier alpha value is -2.62. The van der Waals surface area contributed by atoms with Crippen LogP contribution in [-0.2, 0) is 11.2 Å². The van der Waals surface area contributed by atoms with Gasteiger partial charge >= 0.3 is 0 Å². The molecule has 1 N–H and O–H groups in total. The van der Waals surface area contributed by atoms with Crippen molar-refractivity contribution in [1.29, 1.82) is 0 Å². The first-order valence-electron chi connectivity index (χ1n) is 7.14. The van der Waals surface area contributed by atoms with Gasteiger partial charge in [-0.1, -0.05) is 18.7 Å². The van der Waals surface area contributed by atoms with E-state index in [-0.39, 0.29) is 17.8 Å². The van der Waals surface area contributed by atoms with Gasteiger partial charge in [-0.15, -0.1) is 0 Å². The van der Waals surface area contributed by atoms with Crippen LogP contribution < -0.4 is 10.1 Å². The molecule has 0 spiro atoms. The molecule has 1 amide bonds. The average Bonchev–Trinajstić information content (AvgIpc) is 2.90. The Morgan fingerprint density at radius 1 is 1.32 bits per heavy atom. The van der Waals surface area contributed by atoms with Gasteiger partial charge < -0.3 is 10.1 Å². The molecule has 22 heavy (non-hydrogen) atoms. The molecule has 112 valence electrons. The standard InChI is InChI=1S/C18H16FNO2/c1-2-18(21)20-14-8-6-12-7-9-17(16(12)11-14)22-15-5-3-4-13(19)10-15/h2-6,8,10-11,17H,1,7,9H2,(H,20,21). The molecule has 1 aliphatic rings. The predicted octanol–water partition coefficient (Wildman–Crippen LogP) is 4.02. The molecular weight excluding hydrogens is 281 g/mol. The third kappa shape index (κ3) is 3.01. The Morgan fingerprint density at radius 2 is 2.18 bits per heavy atom. The topological polar surface area (TPSA) is 38.3 Å². The molecule has 0 heterocycles. The van der Waals surface area contributed by atoms with Crippen molar-refractivity contribution in [3.63, 3.8) is 0 Å². The van der Waals surface area contributed by atoms with Crippen LogP contribution in [-0.4, -0.2) is 5.91 Å². The molecule has 3 rings (SSSR count). The van der Waals surface area contributed by atoms with Gasteiger partial charge in [-0.05, 0) is 54.3 Å². The molecule has 0 radical (unpaired) electrons. The first-order valence-corrected chi connectivity index (χ1v) is 7.14. The number of hydrogen-bond donors (Lipinski definition) is 1. The number of benzene rings is 2. The van der Waals surface area contributed by atoms with Crippen molar-refractivity contribution >= 4 is 11.6 Å². The molecule has 1 unspecified atom stereocenters. The summed E-state index contributed by atoms with van der Waals surface area (Å²) in [4.78, 5) is 11.4. The SMILES string of the molecule is C=CC(=O)Nc1ccc2c(c1)C(Oc1cccc(F)c1)CC2. The monoisotopic (exact) mass is 297 g/mol. The summed E-state index contributed by atoms with van der Waals surface area (Å²) >= 11 is 0. The van der Waals surface area contributed by atoms with Gasteiger partial charge in [-0.25, -0.2) is 4.39 Å². The van der Waals surface area contributed by atoms with Crippen LogP contribution in [0.15, 0.2) is 55.1 Å². The van der Waals surface area contributed by atoms with Crippen LogP contribution >= 0.6 is 0 Å². The zero-order valence-electron chi connectivity index (χ0n) is 12.0. The minimum atomic E-state index is -0.317. The van der Waals surface area contributed by atoms with E-state index >= 15 is 0 Å². The lowest BCUT2D eigenvalue weighted by atomic mass is 10.1. The van der Waals surface area contributed by atoms with Crippen LogP contribution in [0, 0.1) is 5.82 Å². The number of hydrogen-bond acceptors (Lipinski definition) is 2. The van der Waals surface area contributed by atoms with Gasteiger partial charge in [0.05, 0.1) is 0 Å². The number of anilines is 1. The summed E-state index contributed by atoms with van der Waals surface area (Å²) in [5.74, 6) is -0.0540. The van der Waals surface area contributed by atoms with Crippen molar-refractivity contribution in [1.82, 2.24) is 0 Å². The smallest absolute Gasteiger partial charge is 0.247 e. The highest BCUT2D eigenvalue weighted by atomic mass is 19.1. The van der Waals surface area contributed by atoms with Crippen LogP contribution in [0.5, 0.6) is 5.75 Å². The van der Waals surface area contributed by atoms with Gasteiger partial charge in [-0.3, -0.25) is 4.79 Å². The maximum atomic E-state index is 13.2. The fraction of sp³-hybridized carbons (Fsp3) is 0.167. The lowest BCUT2D eigenvalue weighted by molar-refractivity contribution is -0.111. The highest BCUT2D eigenvalue weighted by Crippen LogP contribution is 2.36. The van der Waals surface area contributed by atoms with Crippen molar-refractivity contribution in [3.05, 3.63) is 72.1 Å². The van der Waals surface area contributed by atoms with Crippen LogP contribution in [0.4, 0.5) is 10.1 Å². The second kappa shape index (κ2) is 6.02. The minimum absolute atomic E-state index is 0.127. The zero-order chi connectivity index (χ0) is 15.5. The van der Waals surface area contributed by atoms with Gasteiger partial charge in [0.15, 0.2) is 0 Å². The van der Waals surface area contributed by atoms with Gasteiger partial charge in [0.25, 0.3) is 0 Å². The summed E-state index contributed by atoms with van der Waals surface area (Å²) in [5, 5.41) is 2.74. The van der Waals surface area contributed by atoms with Crippen molar-refractivity contribution < 1.29 is 13.9 Å². The Kier molecular flexibility index (Phi) is 3.92. The number of amides is 1. The summed E-state index contributed by atoms with van der Waals surface area (Å²) in [6, 6.07) is 11.9. The van der Waals surface area contributed by atoms with Crippen LogP contribution in [0.1, 0.15) is 23.7 Å². The third-order valence-electron chi connectivity index (χ3n) is 3.70. The summed E-state index contributed by atoms with van der Waals surface area (Å²) in [7, 11) is 0. The van der Waals surface area contributed by atoms with Crippen LogP contribution in [0.25, 0.3) is 0 Å². The summed E-state index contributed by atoms with van der Waals surface area (Å²) in [6.45, 7) is 3.44. The Morgan fingerprint density at radius 3 is 2.95 bits per heavy atom. The van der Waals surface area contributed by atoms with E-state index in [9.17, 15) is 9.18 Å². The van der Waals surface area contributed by atoms with E-state index in [1.165, 1.54) is 23.8 Å². The number of fused-ring (bicyclic) bond motifs is 1. The number of carbonyl (C=O) groups is 1. The Bertz CT molecular complexity index is 727. The van der Waals surface area contributed by atoms with Gasteiger partial charge in [0.1, 0.15) is 17.7 Å². The highest BCUT2D eigenvalue weighted by molar-refractivity contribution is 5.98. The molecule has 1 aliphatic carbocycles. The fourth-order valence-electron chi connectivity index (χ4n) is 2.66. The molecular formula is C18H16FNO2. The molecule has 0 bridgehead atoms. The normalized spacial score (nSPS) is 16.0. The van der Waals surface area contributed by atoms with E-state index in [4.69, 9.17) is 4.74 Å².